The summed E-state index contributed by atoms with van der Waals surface area (Å²) in [6.07, 6.45) is -2.28. The number of nitrogens with zero attached hydrogens (tertiary/aromatic N) is 2. The number of aldehydes is 1. The summed E-state index contributed by atoms with van der Waals surface area (Å²) >= 11 is 0. The van der Waals surface area contributed by atoms with Crippen LogP contribution in [0, 0.1) is 5.92 Å². The van der Waals surface area contributed by atoms with Gasteiger partial charge in [-0.1, -0.05) is 0 Å². The predicted molar refractivity (Wildman–Crippen MR) is 48.0 cm³/mol. The zero-order valence-corrected chi connectivity index (χ0v) is 8.54. The molecule has 1 saturated carbocycles. The largest absolute Gasteiger partial charge is 0.301 e. The first-order chi connectivity index (χ1) is 7.98. The van der Waals surface area contributed by atoms with Crippen molar-refractivity contribution >= 4 is 6.29 Å². The summed E-state index contributed by atoms with van der Waals surface area (Å²) in [6, 6.07) is 0. The highest BCUT2D eigenvalue weighted by molar-refractivity contribution is 5.52. The van der Waals surface area contributed by atoms with Gasteiger partial charge in [-0.3, -0.25) is 4.68 Å². The van der Waals surface area contributed by atoms with Gasteiger partial charge in [0.25, 0.3) is 12.3 Å². The lowest BCUT2D eigenvalue weighted by Gasteiger charge is -2.13. The normalized spacial score (nSPS) is 28.1. The SMILES string of the molecule is O=CCn1nc(C(F)F)c2c1C(F)(F)[C@@H]1CC21. The Morgan fingerprint density at radius 3 is 2.82 bits per heavy atom. The van der Waals surface area contributed by atoms with Crippen LogP contribution in [0.2, 0.25) is 0 Å². The van der Waals surface area contributed by atoms with Crippen LogP contribution in [-0.2, 0) is 17.3 Å². The van der Waals surface area contributed by atoms with E-state index in [1.54, 1.807) is 0 Å². The van der Waals surface area contributed by atoms with E-state index in [4.69, 9.17) is 0 Å². The zero-order valence-electron chi connectivity index (χ0n) is 8.54. The first-order valence-electron chi connectivity index (χ1n) is 5.19. The Bertz CT molecular complexity index is 497. The lowest BCUT2D eigenvalue weighted by atomic mass is 10.1. The summed E-state index contributed by atoms with van der Waals surface area (Å²) < 4.78 is 53.8. The van der Waals surface area contributed by atoms with Gasteiger partial charge in [-0.15, -0.1) is 0 Å². The van der Waals surface area contributed by atoms with Crippen molar-refractivity contribution in [2.75, 3.05) is 0 Å². The Hall–Kier alpha value is -1.40. The lowest BCUT2D eigenvalue weighted by molar-refractivity contribution is -0.108. The molecule has 0 aromatic carbocycles. The summed E-state index contributed by atoms with van der Waals surface area (Å²) in [5.74, 6) is -4.53. The molecule has 7 heteroatoms. The topological polar surface area (TPSA) is 34.9 Å². The van der Waals surface area contributed by atoms with Gasteiger partial charge in [-0.2, -0.15) is 13.9 Å². The fourth-order valence-corrected chi connectivity index (χ4v) is 2.67. The van der Waals surface area contributed by atoms with E-state index in [1.165, 1.54) is 0 Å². The predicted octanol–water partition coefficient (Wildman–Crippen LogP) is 2.23. The van der Waals surface area contributed by atoms with E-state index < -0.39 is 42.1 Å². The third kappa shape index (κ3) is 1.22. The fourth-order valence-electron chi connectivity index (χ4n) is 2.67. The molecular formula is C10H8F4N2O. The molecule has 0 bridgehead atoms. The van der Waals surface area contributed by atoms with Gasteiger partial charge in [0.2, 0.25) is 0 Å². The lowest BCUT2D eigenvalue weighted by Crippen LogP contribution is -2.20. The first kappa shape index (κ1) is 10.7. The summed E-state index contributed by atoms with van der Waals surface area (Å²) in [5.41, 5.74) is -1.11. The fraction of sp³-hybridized carbons (Fsp3) is 0.600. The standard InChI is InChI=1S/C10H8F4N2O/c11-9(12)7-6-4-3-5(4)10(13,14)8(6)16(15-7)1-2-17/h2,4-5,9H,1,3H2/t4?,5-/m1/s1. The number of halogens is 4. The molecule has 17 heavy (non-hydrogen) atoms. The Labute approximate surface area is 93.4 Å². The third-order valence-electron chi connectivity index (χ3n) is 3.41. The van der Waals surface area contributed by atoms with E-state index in [2.05, 4.69) is 5.10 Å². The van der Waals surface area contributed by atoms with Gasteiger partial charge in [-0.05, 0) is 12.3 Å². The van der Waals surface area contributed by atoms with Crippen molar-refractivity contribution in [3.8, 4) is 0 Å². The number of fused-ring (bicyclic) bond motifs is 3. The van der Waals surface area contributed by atoms with Gasteiger partial charge in [-0.25, -0.2) is 8.78 Å². The van der Waals surface area contributed by atoms with Crippen LogP contribution in [0.15, 0.2) is 0 Å². The monoisotopic (exact) mass is 248 g/mol. The second kappa shape index (κ2) is 3.08. The number of hydrogen-bond donors (Lipinski definition) is 0. The minimum atomic E-state index is -3.14. The van der Waals surface area contributed by atoms with Gasteiger partial charge < -0.3 is 4.79 Å². The molecule has 3 rings (SSSR count). The van der Waals surface area contributed by atoms with Crippen LogP contribution in [-0.4, -0.2) is 16.1 Å². The number of hydrogen-bond acceptors (Lipinski definition) is 2. The van der Waals surface area contributed by atoms with E-state index in [1.807, 2.05) is 0 Å². The minimum absolute atomic E-state index is 0.0307. The molecule has 0 N–H and O–H groups in total. The first-order valence-corrected chi connectivity index (χ1v) is 5.19. The van der Waals surface area contributed by atoms with Gasteiger partial charge >= 0.3 is 0 Å². The van der Waals surface area contributed by atoms with E-state index >= 15 is 0 Å². The summed E-state index contributed by atoms with van der Waals surface area (Å²) in [7, 11) is 0. The van der Waals surface area contributed by atoms with Crippen molar-refractivity contribution in [3.05, 3.63) is 17.0 Å². The number of carbonyl (C=O) groups is 1. The van der Waals surface area contributed by atoms with Crippen molar-refractivity contribution in [2.24, 2.45) is 5.92 Å². The number of aromatic nitrogens is 2. The van der Waals surface area contributed by atoms with Crippen molar-refractivity contribution in [1.29, 1.82) is 0 Å². The summed E-state index contributed by atoms with van der Waals surface area (Å²) in [4.78, 5) is 10.4. The van der Waals surface area contributed by atoms with Crippen molar-refractivity contribution in [2.45, 2.75) is 31.2 Å². The van der Waals surface area contributed by atoms with Gasteiger partial charge in [0.05, 0.1) is 6.54 Å². The number of carbonyl (C=O) groups excluding carboxylic acids is 1. The van der Waals surface area contributed by atoms with Crippen LogP contribution in [0.1, 0.15) is 35.7 Å². The van der Waals surface area contributed by atoms with Crippen molar-refractivity contribution in [3.63, 3.8) is 0 Å². The molecular weight excluding hydrogens is 240 g/mol. The molecule has 2 aliphatic rings. The molecule has 0 spiro atoms. The molecule has 2 aliphatic carbocycles. The maximum absolute atomic E-state index is 13.8. The van der Waals surface area contributed by atoms with Gasteiger partial charge in [0, 0.05) is 11.5 Å². The number of alkyl halides is 4. The maximum Gasteiger partial charge on any atom is 0.293 e. The van der Waals surface area contributed by atoms with Crippen LogP contribution in [0.3, 0.4) is 0 Å². The van der Waals surface area contributed by atoms with E-state index in [-0.39, 0.29) is 12.0 Å². The van der Waals surface area contributed by atoms with Crippen LogP contribution >= 0.6 is 0 Å². The van der Waals surface area contributed by atoms with E-state index in [9.17, 15) is 22.4 Å². The average molecular weight is 248 g/mol. The van der Waals surface area contributed by atoms with Gasteiger partial charge in [0.1, 0.15) is 17.7 Å². The van der Waals surface area contributed by atoms with Crippen LogP contribution in [0.5, 0.6) is 0 Å². The van der Waals surface area contributed by atoms with Crippen molar-refractivity contribution < 1.29 is 22.4 Å². The molecule has 0 saturated heterocycles. The van der Waals surface area contributed by atoms with Crippen molar-refractivity contribution in [1.82, 2.24) is 9.78 Å². The highest BCUT2D eigenvalue weighted by atomic mass is 19.3. The Balaban J connectivity index is 2.19. The van der Waals surface area contributed by atoms with E-state index in [0.717, 1.165) is 4.68 Å². The second-order valence-corrected chi connectivity index (χ2v) is 4.37. The molecule has 1 heterocycles. The molecule has 92 valence electrons. The molecule has 1 aromatic heterocycles. The number of rotatable bonds is 3. The molecule has 3 nitrogen and oxygen atoms in total. The smallest absolute Gasteiger partial charge is 0.293 e. The molecule has 0 radical (unpaired) electrons. The van der Waals surface area contributed by atoms with Crippen LogP contribution < -0.4 is 0 Å². The second-order valence-electron chi connectivity index (χ2n) is 4.37. The Kier molecular flexibility index (Phi) is 1.95. The zero-order chi connectivity index (χ0) is 12.4. The Morgan fingerprint density at radius 1 is 1.53 bits per heavy atom. The molecule has 2 atom stereocenters. The van der Waals surface area contributed by atoms with Gasteiger partial charge in [0.15, 0.2) is 0 Å². The van der Waals surface area contributed by atoms with Crippen LogP contribution in [0.4, 0.5) is 17.6 Å². The third-order valence-corrected chi connectivity index (χ3v) is 3.41. The molecule has 0 aliphatic heterocycles. The maximum atomic E-state index is 13.8. The Morgan fingerprint density at radius 2 is 2.24 bits per heavy atom. The highest BCUT2D eigenvalue weighted by Crippen LogP contribution is 2.68. The minimum Gasteiger partial charge on any atom is -0.301 e. The average Bonchev–Trinajstić information content (AvgIpc) is 2.89. The molecule has 1 fully saturated rings. The van der Waals surface area contributed by atoms with Crippen LogP contribution in [0.25, 0.3) is 0 Å². The molecule has 1 unspecified atom stereocenters. The summed E-state index contributed by atoms with van der Waals surface area (Å²) in [6.45, 7) is -0.413. The molecule has 1 aromatic rings. The molecule has 0 amide bonds. The quantitative estimate of drug-likeness (QED) is 0.607. The highest BCUT2D eigenvalue weighted by Gasteiger charge is 2.67. The summed E-state index contributed by atoms with van der Waals surface area (Å²) in [5, 5.41) is 3.45. The van der Waals surface area contributed by atoms with E-state index in [0.29, 0.717) is 6.29 Å².